The predicted molar refractivity (Wildman–Crippen MR) is 46.7 cm³/mol. The van der Waals surface area contributed by atoms with E-state index in [9.17, 15) is 9.59 Å². The molecule has 0 atom stereocenters. The molecule has 0 aliphatic carbocycles. The maximum atomic E-state index is 10.6. The maximum absolute atomic E-state index is 10.6. The van der Waals surface area contributed by atoms with E-state index in [4.69, 9.17) is 11.5 Å². The van der Waals surface area contributed by atoms with Crippen molar-refractivity contribution in [1.29, 1.82) is 0 Å². The van der Waals surface area contributed by atoms with Crippen molar-refractivity contribution in [2.75, 3.05) is 0 Å². The number of aromatic carboxylic acids is 1. The number of aldehydes is 1. The molecule has 0 radical (unpaired) electrons. The molecule has 0 saturated carbocycles. The second-order valence-corrected chi connectivity index (χ2v) is 2.37. The summed E-state index contributed by atoms with van der Waals surface area (Å²) in [6.45, 7) is 0. The lowest BCUT2D eigenvalue weighted by Gasteiger charge is -1.98. The van der Waals surface area contributed by atoms with Gasteiger partial charge < -0.3 is 5.11 Å². The molecule has 1 aromatic carbocycles. The fourth-order valence-corrected chi connectivity index (χ4v) is 0.945. The number of carbonyl (C=O) groups excluding carboxylic acids is 1. The zero-order valence-electron chi connectivity index (χ0n) is 6.65. The Morgan fingerprint density at radius 1 is 1.54 bits per heavy atom. The third-order valence-corrected chi connectivity index (χ3v) is 1.58. The van der Waals surface area contributed by atoms with Gasteiger partial charge in [-0.3, -0.25) is 4.79 Å². The van der Waals surface area contributed by atoms with E-state index in [0.717, 1.165) is 0 Å². The number of hydrogen-bond donors (Lipinski definition) is 1. The van der Waals surface area contributed by atoms with Crippen LogP contribution >= 0.6 is 0 Å². The first-order valence-corrected chi connectivity index (χ1v) is 3.48. The van der Waals surface area contributed by atoms with Crippen LogP contribution in [0.4, 0.5) is 0 Å². The van der Waals surface area contributed by atoms with Gasteiger partial charge >= 0.3 is 5.97 Å². The Kier molecular flexibility index (Phi) is 2.46. The van der Waals surface area contributed by atoms with Gasteiger partial charge in [0, 0.05) is 11.1 Å². The third kappa shape index (κ3) is 1.74. The Bertz CT molecular complexity index is 399. The minimum Gasteiger partial charge on any atom is -0.478 e. The van der Waals surface area contributed by atoms with Gasteiger partial charge in [0.05, 0.1) is 5.56 Å². The van der Waals surface area contributed by atoms with Crippen LogP contribution in [0.15, 0.2) is 18.2 Å². The third-order valence-electron chi connectivity index (χ3n) is 1.58. The van der Waals surface area contributed by atoms with Crippen molar-refractivity contribution in [2.24, 2.45) is 0 Å². The standard InChI is InChI=1S/C10H6O3/c1-2-7-3-4-9(10(12)13)8(5-7)6-11/h1,3-6H,(H,12,13). The van der Waals surface area contributed by atoms with E-state index in [1.54, 1.807) is 0 Å². The van der Waals surface area contributed by atoms with Crippen molar-refractivity contribution in [2.45, 2.75) is 0 Å². The van der Waals surface area contributed by atoms with Crippen LogP contribution in [0, 0.1) is 12.3 Å². The number of carboxylic acids is 1. The Hall–Kier alpha value is -2.08. The molecule has 0 saturated heterocycles. The fraction of sp³-hybridized carbons (Fsp3) is 0. The monoisotopic (exact) mass is 174 g/mol. The Morgan fingerprint density at radius 2 is 2.23 bits per heavy atom. The van der Waals surface area contributed by atoms with E-state index in [1.807, 2.05) is 0 Å². The molecule has 0 spiro atoms. The second kappa shape index (κ2) is 3.55. The molecule has 0 aliphatic rings. The van der Waals surface area contributed by atoms with Gasteiger partial charge in [-0.05, 0) is 18.2 Å². The molecule has 0 fully saturated rings. The van der Waals surface area contributed by atoms with E-state index in [0.29, 0.717) is 11.8 Å². The molecule has 0 amide bonds. The minimum absolute atomic E-state index is 0.0333. The highest BCUT2D eigenvalue weighted by Gasteiger charge is 2.08. The molecule has 0 bridgehead atoms. The van der Waals surface area contributed by atoms with E-state index in [-0.39, 0.29) is 11.1 Å². The Morgan fingerprint density at radius 3 is 2.69 bits per heavy atom. The average molecular weight is 174 g/mol. The summed E-state index contributed by atoms with van der Waals surface area (Å²) >= 11 is 0. The van der Waals surface area contributed by atoms with Gasteiger partial charge in [0.1, 0.15) is 0 Å². The van der Waals surface area contributed by atoms with E-state index < -0.39 is 5.97 Å². The van der Waals surface area contributed by atoms with Gasteiger partial charge in [0.25, 0.3) is 0 Å². The summed E-state index contributed by atoms with van der Waals surface area (Å²) in [5, 5.41) is 8.65. The highest BCUT2D eigenvalue weighted by Crippen LogP contribution is 2.09. The predicted octanol–water partition coefficient (Wildman–Crippen LogP) is 1.18. The van der Waals surface area contributed by atoms with Crippen LogP contribution in [-0.2, 0) is 0 Å². The Balaban J connectivity index is 3.33. The molecule has 0 unspecified atom stereocenters. The van der Waals surface area contributed by atoms with Crippen LogP contribution in [0.1, 0.15) is 26.3 Å². The molecule has 64 valence electrons. The fourth-order valence-electron chi connectivity index (χ4n) is 0.945. The Labute approximate surface area is 75.0 Å². The molecule has 1 aromatic rings. The number of terminal acetylenes is 1. The highest BCUT2D eigenvalue weighted by molar-refractivity contribution is 5.97. The van der Waals surface area contributed by atoms with Gasteiger partial charge in [-0.2, -0.15) is 0 Å². The second-order valence-electron chi connectivity index (χ2n) is 2.37. The van der Waals surface area contributed by atoms with Crippen molar-refractivity contribution >= 4 is 12.3 Å². The summed E-state index contributed by atoms with van der Waals surface area (Å²) in [4.78, 5) is 21.0. The molecule has 0 aromatic heterocycles. The SMILES string of the molecule is C#Cc1ccc(C(=O)O)c(C=O)c1. The summed E-state index contributed by atoms with van der Waals surface area (Å²) in [6, 6.07) is 4.17. The van der Waals surface area contributed by atoms with E-state index in [1.165, 1.54) is 18.2 Å². The van der Waals surface area contributed by atoms with E-state index in [2.05, 4.69) is 5.92 Å². The van der Waals surface area contributed by atoms with Gasteiger partial charge in [-0.25, -0.2) is 4.79 Å². The summed E-state index contributed by atoms with van der Waals surface area (Å²) in [7, 11) is 0. The van der Waals surface area contributed by atoms with E-state index >= 15 is 0 Å². The van der Waals surface area contributed by atoms with Crippen molar-refractivity contribution in [1.82, 2.24) is 0 Å². The molecule has 3 nitrogen and oxygen atoms in total. The first-order chi connectivity index (χ1) is 6.19. The van der Waals surface area contributed by atoms with Crippen LogP contribution in [0.5, 0.6) is 0 Å². The number of hydrogen-bond acceptors (Lipinski definition) is 2. The van der Waals surface area contributed by atoms with Crippen LogP contribution in [0.3, 0.4) is 0 Å². The number of rotatable bonds is 2. The van der Waals surface area contributed by atoms with Crippen molar-refractivity contribution in [3.8, 4) is 12.3 Å². The van der Waals surface area contributed by atoms with Crippen LogP contribution in [-0.4, -0.2) is 17.4 Å². The van der Waals surface area contributed by atoms with Crippen LogP contribution < -0.4 is 0 Å². The molecule has 13 heavy (non-hydrogen) atoms. The average Bonchev–Trinajstić information content (AvgIpc) is 2.16. The first kappa shape index (κ1) is 9.01. The van der Waals surface area contributed by atoms with Crippen molar-refractivity contribution in [3.05, 3.63) is 34.9 Å². The summed E-state index contributed by atoms with van der Waals surface area (Å²) in [5.41, 5.74) is 0.559. The quantitative estimate of drug-likeness (QED) is 0.541. The minimum atomic E-state index is -1.13. The van der Waals surface area contributed by atoms with Crippen molar-refractivity contribution < 1.29 is 14.7 Å². The first-order valence-electron chi connectivity index (χ1n) is 3.48. The lowest BCUT2D eigenvalue weighted by Crippen LogP contribution is -2.01. The molecular formula is C10H6O3. The number of carbonyl (C=O) groups is 2. The number of benzene rings is 1. The topological polar surface area (TPSA) is 54.4 Å². The maximum Gasteiger partial charge on any atom is 0.336 e. The lowest BCUT2D eigenvalue weighted by molar-refractivity contribution is 0.0694. The molecule has 1 N–H and O–H groups in total. The van der Waals surface area contributed by atoms with Crippen molar-refractivity contribution in [3.63, 3.8) is 0 Å². The molecule has 0 heterocycles. The summed E-state index contributed by atoms with van der Waals surface area (Å²) in [6.07, 6.45) is 5.56. The highest BCUT2D eigenvalue weighted by atomic mass is 16.4. The largest absolute Gasteiger partial charge is 0.478 e. The molecule has 3 heteroatoms. The molecular weight excluding hydrogens is 168 g/mol. The van der Waals surface area contributed by atoms with Gasteiger partial charge in [-0.1, -0.05) is 5.92 Å². The summed E-state index contributed by atoms with van der Waals surface area (Å²) < 4.78 is 0. The smallest absolute Gasteiger partial charge is 0.336 e. The zero-order valence-corrected chi connectivity index (χ0v) is 6.65. The van der Waals surface area contributed by atoms with Crippen LogP contribution in [0.2, 0.25) is 0 Å². The summed E-state index contributed by atoms with van der Waals surface area (Å²) in [5.74, 6) is 1.18. The van der Waals surface area contributed by atoms with Gasteiger partial charge in [0.2, 0.25) is 0 Å². The van der Waals surface area contributed by atoms with Gasteiger partial charge in [-0.15, -0.1) is 6.42 Å². The van der Waals surface area contributed by atoms with Crippen LogP contribution in [0.25, 0.3) is 0 Å². The number of carboxylic acid groups (broad SMARTS) is 1. The lowest BCUT2D eigenvalue weighted by atomic mass is 10.1. The zero-order chi connectivity index (χ0) is 9.84. The van der Waals surface area contributed by atoms with Gasteiger partial charge in [0.15, 0.2) is 6.29 Å². The molecule has 1 rings (SSSR count). The molecule has 0 aliphatic heterocycles. The normalized spacial score (nSPS) is 8.85.